The molecule has 2 rings (SSSR count). The van der Waals surface area contributed by atoms with E-state index in [1.165, 1.54) is 0 Å². The first kappa shape index (κ1) is 12.9. The average molecular weight is 243 g/mol. The molecule has 3 heteroatoms. The van der Waals surface area contributed by atoms with Gasteiger partial charge in [0.05, 0.1) is 11.3 Å². The van der Waals surface area contributed by atoms with E-state index in [2.05, 4.69) is 30.9 Å². The summed E-state index contributed by atoms with van der Waals surface area (Å²) < 4.78 is 0. The third-order valence-corrected chi connectivity index (χ3v) is 3.96. The van der Waals surface area contributed by atoms with Gasteiger partial charge in [0.2, 0.25) is 0 Å². The summed E-state index contributed by atoms with van der Waals surface area (Å²) in [6.45, 7) is 6.73. The normalized spacial score (nSPS) is 17.9. The van der Waals surface area contributed by atoms with Crippen molar-refractivity contribution >= 4 is 5.69 Å². The molecule has 1 fully saturated rings. The Morgan fingerprint density at radius 2 is 2.00 bits per heavy atom. The molecule has 2 N–H and O–H groups in total. The number of nitrogen functional groups attached to an aromatic ring is 1. The van der Waals surface area contributed by atoms with E-state index in [4.69, 9.17) is 11.0 Å². The smallest absolute Gasteiger partial charge is 0.101 e. The van der Waals surface area contributed by atoms with Crippen LogP contribution in [0.15, 0.2) is 18.2 Å². The van der Waals surface area contributed by atoms with E-state index in [-0.39, 0.29) is 0 Å². The predicted molar refractivity (Wildman–Crippen MR) is 74.3 cm³/mol. The van der Waals surface area contributed by atoms with Gasteiger partial charge in [-0.3, -0.25) is 0 Å². The third kappa shape index (κ3) is 2.49. The molecule has 0 atom stereocenters. The van der Waals surface area contributed by atoms with E-state index in [9.17, 15) is 0 Å². The van der Waals surface area contributed by atoms with Crippen LogP contribution in [0.3, 0.4) is 0 Å². The molecule has 0 spiro atoms. The Hall–Kier alpha value is -1.53. The molecule has 0 radical (unpaired) electrons. The minimum atomic E-state index is 0.508. The summed E-state index contributed by atoms with van der Waals surface area (Å²) in [7, 11) is 0. The molecule has 1 saturated heterocycles. The van der Waals surface area contributed by atoms with Gasteiger partial charge in [0.1, 0.15) is 6.07 Å². The topological polar surface area (TPSA) is 53.0 Å². The van der Waals surface area contributed by atoms with Crippen molar-refractivity contribution in [3.63, 3.8) is 0 Å². The minimum absolute atomic E-state index is 0.508. The summed E-state index contributed by atoms with van der Waals surface area (Å²) in [5.41, 5.74) is 8.54. The number of piperidine rings is 1. The first-order valence-corrected chi connectivity index (χ1v) is 6.66. The third-order valence-electron chi connectivity index (χ3n) is 3.96. The molecule has 1 aromatic rings. The van der Waals surface area contributed by atoms with Crippen LogP contribution in [0.25, 0.3) is 0 Å². The summed E-state index contributed by atoms with van der Waals surface area (Å²) in [4.78, 5) is 2.50. The number of likely N-dealkylation sites (tertiary alicyclic amines) is 1. The number of benzene rings is 1. The van der Waals surface area contributed by atoms with Gasteiger partial charge in [-0.05, 0) is 57.3 Å². The first-order chi connectivity index (χ1) is 8.63. The molecule has 1 aromatic carbocycles. The number of para-hydroxylation sites is 1. The Morgan fingerprint density at radius 3 is 2.56 bits per heavy atom. The summed E-state index contributed by atoms with van der Waals surface area (Å²) >= 11 is 0. The number of nitriles is 1. The van der Waals surface area contributed by atoms with Crippen LogP contribution < -0.4 is 5.73 Å². The van der Waals surface area contributed by atoms with Gasteiger partial charge in [-0.2, -0.15) is 5.26 Å². The molecule has 18 heavy (non-hydrogen) atoms. The lowest BCUT2D eigenvalue weighted by Gasteiger charge is -2.35. The van der Waals surface area contributed by atoms with Gasteiger partial charge >= 0.3 is 0 Å². The van der Waals surface area contributed by atoms with Crippen LogP contribution in [0.5, 0.6) is 0 Å². The number of hydrogen-bond acceptors (Lipinski definition) is 3. The number of rotatable bonds is 2. The largest absolute Gasteiger partial charge is 0.397 e. The quantitative estimate of drug-likeness (QED) is 0.813. The highest BCUT2D eigenvalue weighted by atomic mass is 15.1. The highest BCUT2D eigenvalue weighted by molar-refractivity contribution is 5.60. The van der Waals surface area contributed by atoms with E-state index in [1.54, 1.807) is 6.07 Å². The fourth-order valence-electron chi connectivity index (χ4n) is 2.76. The van der Waals surface area contributed by atoms with Gasteiger partial charge in [0.25, 0.3) is 0 Å². The van der Waals surface area contributed by atoms with E-state index >= 15 is 0 Å². The van der Waals surface area contributed by atoms with Gasteiger partial charge in [0.15, 0.2) is 0 Å². The van der Waals surface area contributed by atoms with Crippen LogP contribution in [0, 0.1) is 11.3 Å². The summed E-state index contributed by atoms with van der Waals surface area (Å²) in [5, 5.41) is 9.02. The van der Waals surface area contributed by atoms with Crippen LogP contribution in [-0.4, -0.2) is 24.0 Å². The van der Waals surface area contributed by atoms with Crippen molar-refractivity contribution in [2.45, 2.75) is 38.6 Å². The molecule has 1 aliphatic rings. The number of nitrogens with two attached hydrogens (primary N) is 1. The number of anilines is 1. The molecule has 0 aliphatic carbocycles. The standard InChI is InChI=1S/C15H21N3/c1-11(2)18-8-6-12(7-9-18)14-5-3-4-13(10-16)15(14)17/h3-5,11-12H,6-9,17H2,1-2H3. The van der Waals surface area contributed by atoms with Crippen molar-refractivity contribution in [3.8, 4) is 6.07 Å². The molecule has 3 nitrogen and oxygen atoms in total. The van der Waals surface area contributed by atoms with Crippen LogP contribution in [-0.2, 0) is 0 Å². The zero-order chi connectivity index (χ0) is 13.1. The maximum Gasteiger partial charge on any atom is 0.101 e. The molecule has 0 saturated carbocycles. The average Bonchev–Trinajstić information content (AvgIpc) is 2.39. The molecular formula is C15H21N3. The lowest BCUT2D eigenvalue weighted by atomic mass is 9.87. The van der Waals surface area contributed by atoms with Gasteiger partial charge in [-0.15, -0.1) is 0 Å². The first-order valence-electron chi connectivity index (χ1n) is 6.66. The lowest BCUT2D eigenvalue weighted by molar-refractivity contribution is 0.172. The highest BCUT2D eigenvalue weighted by Gasteiger charge is 2.23. The molecule has 1 aliphatic heterocycles. The Labute approximate surface area is 109 Å². The Balaban J connectivity index is 2.13. The van der Waals surface area contributed by atoms with Crippen LogP contribution in [0.1, 0.15) is 43.7 Å². The van der Waals surface area contributed by atoms with Crippen LogP contribution in [0.4, 0.5) is 5.69 Å². The molecule has 0 amide bonds. The minimum Gasteiger partial charge on any atom is -0.397 e. The molecular weight excluding hydrogens is 222 g/mol. The lowest BCUT2D eigenvalue weighted by Crippen LogP contribution is -2.37. The fourth-order valence-corrected chi connectivity index (χ4v) is 2.76. The van der Waals surface area contributed by atoms with Gasteiger partial charge in [0, 0.05) is 6.04 Å². The van der Waals surface area contributed by atoms with E-state index in [0.29, 0.717) is 23.2 Å². The molecule has 0 aromatic heterocycles. The Bertz CT molecular complexity index is 451. The van der Waals surface area contributed by atoms with Crippen LogP contribution >= 0.6 is 0 Å². The summed E-state index contributed by atoms with van der Waals surface area (Å²) in [6, 6.07) is 8.60. The fraction of sp³-hybridized carbons (Fsp3) is 0.533. The van der Waals surface area contributed by atoms with Crippen molar-refractivity contribution in [2.75, 3.05) is 18.8 Å². The Morgan fingerprint density at radius 1 is 1.33 bits per heavy atom. The molecule has 0 unspecified atom stereocenters. The second-order valence-electron chi connectivity index (χ2n) is 5.32. The second-order valence-corrected chi connectivity index (χ2v) is 5.32. The van der Waals surface area contributed by atoms with E-state index < -0.39 is 0 Å². The van der Waals surface area contributed by atoms with Gasteiger partial charge in [-0.25, -0.2) is 0 Å². The van der Waals surface area contributed by atoms with Crippen molar-refractivity contribution in [2.24, 2.45) is 0 Å². The predicted octanol–water partition coefficient (Wildman–Crippen LogP) is 2.73. The molecule has 1 heterocycles. The number of hydrogen-bond donors (Lipinski definition) is 1. The SMILES string of the molecule is CC(C)N1CCC(c2cccc(C#N)c2N)CC1. The zero-order valence-corrected chi connectivity index (χ0v) is 11.2. The highest BCUT2D eigenvalue weighted by Crippen LogP contribution is 2.33. The van der Waals surface area contributed by atoms with Crippen LogP contribution in [0.2, 0.25) is 0 Å². The maximum absolute atomic E-state index is 9.02. The summed E-state index contributed by atoms with van der Waals surface area (Å²) in [5.74, 6) is 0.508. The van der Waals surface area contributed by atoms with E-state index in [0.717, 1.165) is 31.5 Å². The van der Waals surface area contributed by atoms with Crippen molar-refractivity contribution in [1.82, 2.24) is 4.90 Å². The number of nitrogens with zero attached hydrogens (tertiary/aromatic N) is 2. The second kappa shape index (κ2) is 5.41. The van der Waals surface area contributed by atoms with Crippen molar-refractivity contribution in [1.29, 1.82) is 5.26 Å². The maximum atomic E-state index is 9.02. The van der Waals surface area contributed by atoms with Crippen molar-refractivity contribution < 1.29 is 0 Å². The van der Waals surface area contributed by atoms with Gasteiger partial charge < -0.3 is 10.6 Å². The molecule has 96 valence electrons. The van der Waals surface area contributed by atoms with E-state index in [1.807, 2.05) is 6.07 Å². The van der Waals surface area contributed by atoms with Gasteiger partial charge in [-0.1, -0.05) is 12.1 Å². The van der Waals surface area contributed by atoms with Crippen molar-refractivity contribution in [3.05, 3.63) is 29.3 Å². The Kier molecular flexibility index (Phi) is 3.88. The zero-order valence-electron chi connectivity index (χ0n) is 11.2. The monoisotopic (exact) mass is 243 g/mol. The summed E-state index contributed by atoms with van der Waals surface area (Å²) in [6.07, 6.45) is 2.27. The molecule has 0 bridgehead atoms.